The van der Waals surface area contributed by atoms with Gasteiger partial charge < -0.3 is 9.84 Å². The molecule has 1 aliphatic rings. The fourth-order valence-electron chi connectivity index (χ4n) is 2.67. The Bertz CT molecular complexity index is 335. The summed E-state index contributed by atoms with van der Waals surface area (Å²) in [5.41, 5.74) is 1.30. The number of hydrogen-bond donors (Lipinski definition) is 1. The second kappa shape index (κ2) is 5.54. The van der Waals surface area contributed by atoms with E-state index in [0.717, 1.165) is 25.0 Å². The highest BCUT2D eigenvalue weighted by molar-refractivity contribution is 5.37. The van der Waals surface area contributed by atoms with E-state index in [1.807, 2.05) is 12.1 Å². The number of ether oxygens (including phenoxy) is 1. The number of fused-ring (bicyclic) bond motifs is 1. The second-order valence-electron chi connectivity index (χ2n) is 5.47. The second-order valence-corrected chi connectivity index (χ2v) is 5.47. The van der Waals surface area contributed by atoms with Gasteiger partial charge in [0.2, 0.25) is 0 Å². The topological polar surface area (TPSA) is 29.5 Å². The molecule has 1 aromatic rings. The summed E-state index contributed by atoms with van der Waals surface area (Å²) in [6.45, 7) is 4.67. The lowest BCUT2D eigenvalue weighted by molar-refractivity contribution is 0.137. The van der Waals surface area contributed by atoms with Crippen LogP contribution in [-0.2, 0) is 6.42 Å². The fraction of sp³-hybridized carbons (Fsp3) is 0.600. The predicted molar refractivity (Wildman–Crippen MR) is 69.2 cm³/mol. The SMILES string of the molecule is CC(C)CC(CO)CC1Cc2ccccc2O1. The van der Waals surface area contributed by atoms with Crippen molar-refractivity contribution in [1.29, 1.82) is 0 Å². The van der Waals surface area contributed by atoms with Crippen LogP contribution in [0.25, 0.3) is 0 Å². The van der Waals surface area contributed by atoms with Gasteiger partial charge in [0.25, 0.3) is 0 Å². The van der Waals surface area contributed by atoms with E-state index in [9.17, 15) is 5.11 Å². The molecule has 1 N–H and O–H groups in total. The quantitative estimate of drug-likeness (QED) is 0.848. The van der Waals surface area contributed by atoms with Gasteiger partial charge in [-0.3, -0.25) is 0 Å². The zero-order valence-corrected chi connectivity index (χ0v) is 10.7. The maximum Gasteiger partial charge on any atom is 0.123 e. The van der Waals surface area contributed by atoms with Crippen LogP contribution in [0.1, 0.15) is 32.3 Å². The highest BCUT2D eigenvalue weighted by atomic mass is 16.5. The Kier molecular flexibility index (Phi) is 4.06. The summed E-state index contributed by atoms with van der Waals surface area (Å²) in [7, 11) is 0. The summed E-state index contributed by atoms with van der Waals surface area (Å²) in [4.78, 5) is 0. The van der Waals surface area contributed by atoms with E-state index in [2.05, 4.69) is 26.0 Å². The molecule has 2 rings (SSSR count). The monoisotopic (exact) mass is 234 g/mol. The third-order valence-electron chi connectivity index (χ3n) is 3.37. The number of hydrogen-bond acceptors (Lipinski definition) is 2. The van der Waals surface area contributed by atoms with Gasteiger partial charge in [0.1, 0.15) is 11.9 Å². The van der Waals surface area contributed by atoms with E-state index in [-0.39, 0.29) is 12.7 Å². The Balaban J connectivity index is 1.90. The Hall–Kier alpha value is -1.02. The zero-order chi connectivity index (χ0) is 12.3. The van der Waals surface area contributed by atoms with Crippen molar-refractivity contribution in [1.82, 2.24) is 0 Å². The van der Waals surface area contributed by atoms with Gasteiger partial charge in [0.15, 0.2) is 0 Å². The smallest absolute Gasteiger partial charge is 0.123 e. The predicted octanol–water partition coefficient (Wildman–Crippen LogP) is 3.03. The standard InChI is InChI=1S/C15H22O2/c1-11(2)7-12(10-16)8-14-9-13-5-3-4-6-15(13)17-14/h3-6,11-12,14,16H,7-10H2,1-2H3. The van der Waals surface area contributed by atoms with Crippen molar-refractivity contribution < 1.29 is 9.84 Å². The van der Waals surface area contributed by atoms with Crippen LogP contribution in [-0.4, -0.2) is 17.8 Å². The molecule has 17 heavy (non-hydrogen) atoms. The molecule has 0 aliphatic carbocycles. The molecule has 0 fully saturated rings. The molecule has 2 atom stereocenters. The summed E-state index contributed by atoms with van der Waals surface area (Å²) in [6, 6.07) is 8.23. The number of aliphatic hydroxyl groups is 1. The Morgan fingerprint density at radius 2 is 2.12 bits per heavy atom. The lowest BCUT2D eigenvalue weighted by atomic mass is 9.91. The van der Waals surface area contributed by atoms with Gasteiger partial charge in [-0.2, -0.15) is 0 Å². The fourth-order valence-corrected chi connectivity index (χ4v) is 2.67. The average molecular weight is 234 g/mol. The number of aliphatic hydroxyl groups excluding tert-OH is 1. The molecule has 94 valence electrons. The first-order valence-corrected chi connectivity index (χ1v) is 6.54. The molecule has 0 aromatic heterocycles. The summed E-state index contributed by atoms with van der Waals surface area (Å²) in [5.74, 6) is 2.03. The van der Waals surface area contributed by atoms with Crippen molar-refractivity contribution in [2.75, 3.05) is 6.61 Å². The number of benzene rings is 1. The molecule has 0 radical (unpaired) electrons. The molecular formula is C15H22O2. The molecule has 1 aliphatic heterocycles. The van der Waals surface area contributed by atoms with Crippen LogP contribution >= 0.6 is 0 Å². The molecule has 1 aromatic carbocycles. The molecule has 2 nitrogen and oxygen atoms in total. The van der Waals surface area contributed by atoms with Crippen molar-refractivity contribution in [3.8, 4) is 5.75 Å². The van der Waals surface area contributed by atoms with E-state index < -0.39 is 0 Å². The molecule has 2 heteroatoms. The van der Waals surface area contributed by atoms with Gasteiger partial charge in [-0.25, -0.2) is 0 Å². The van der Waals surface area contributed by atoms with Gasteiger partial charge in [-0.1, -0.05) is 32.0 Å². The van der Waals surface area contributed by atoms with Gasteiger partial charge in [0, 0.05) is 13.0 Å². The lowest BCUT2D eigenvalue weighted by Crippen LogP contribution is -2.21. The maximum absolute atomic E-state index is 9.40. The molecule has 0 bridgehead atoms. The molecule has 2 unspecified atom stereocenters. The van der Waals surface area contributed by atoms with E-state index in [1.165, 1.54) is 5.56 Å². The summed E-state index contributed by atoms with van der Waals surface area (Å²) in [6.07, 6.45) is 3.28. The molecule has 0 amide bonds. The van der Waals surface area contributed by atoms with Gasteiger partial charge in [0.05, 0.1) is 0 Å². The van der Waals surface area contributed by atoms with Crippen molar-refractivity contribution >= 4 is 0 Å². The molecule has 0 spiro atoms. The van der Waals surface area contributed by atoms with Crippen molar-refractivity contribution in [2.45, 2.75) is 39.2 Å². The first-order valence-electron chi connectivity index (χ1n) is 6.54. The Morgan fingerprint density at radius 1 is 1.35 bits per heavy atom. The van der Waals surface area contributed by atoms with E-state index in [4.69, 9.17) is 4.74 Å². The number of rotatable bonds is 5. The molecule has 0 saturated carbocycles. The normalized spacial score (nSPS) is 20.1. The highest BCUT2D eigenvalue weighted by Crippen LogP contribution is 2.31. The van der Waals surface area contributed by atoms with Crippen molar-refractivity contribution in [3.63, 3.8) is 0 Å². The minimum atomic E-state index is 0.253. The van der Waals surface area contributed by atoms with E-state index in [1.54, 1.807) is 0 Å². The third kappa shape index (κ3) is 3.22. The summed E-state index contributed by atoms with van der Waals surface area (Å²) >= 11 is 0. The molecule has 0 saturated heterocycles. The van der Waals surface area contributed by atoms with Crippen LogP contribution in [0.15, 0.2) is 24.3 Å². The zero-order valence-electron chi connectivity index (χ0n) is 10.7. The van der Waals surface area contributed by atoms with Crippen molar-refractivity contribution in [2.24, 2.45) is 11.8 Å². The number of para-hydroxylation sites is 1. The van der Waals surface area contributed by atoms with Crippen LogP contribution < -0.4 is 4.74 Å². The van der Waals surface area contributed by atoms with Crippen LogP contribution in [0, 0.1) is 11.8 Å². The Morgan fingerprint density at radius 3 is 2.76 bits per heavy atom. The van der Waals surface area contributed by atoms with Crippen molar-refractivity contribution in [3.05, 3.63) is 29.8 Å². The first kappa shape index (κ1) is 12.4. The highest BCUT2D eigenvalue weighted by Gasteiger charge is 2.25. The van der Waals surface area contributed by atoms with Crippen LogP contribution in [0.4, 0.5) is 0 Å². The Labute approximate surface area is 104 Å². The van der Waals surface area contributed by atoms with Gasteiger partial charge >= 0.3 is 0 Å². The molecular weight excluding hydrogens is 212 g/mol. The third-order valence-corrected chi connectivity index (χ3v) is 3.37. The van der Waals surface area contributed by atoms with E-state index in [0.29, 0.717) is 11.8 Å². The molecule has 1 heterocycles. The average Bonchev–Trinajstić information content (AvgIpc) is 2.69. The minimum absolute atomic E-state index is 0.253. The summed E-state index contributed by atoms with van der Waals surface area (Å²) in [5, 5.41) is 9.40. The maximum atomic E-state index is 9.40. The minimum Gasteiger partial charge on any atom is -0.490 e. The largest absolute Gasteiger partial charge is 0.490 e. The first-order chi connectivity index (χ1) is 8.19. The van der Waals surface area contributed by atoms with Gasteiger partial charge in [-0.15, -0.1) is 0 Å². The van der Waals surface area contributed by atoms with E-state index >= 15 is 0 Å². The van der Waals surface area contributed by atoms with Crippen LogP contribution in [0.5, 0.6) is 5.75 Å². The summed E-state index contributed by atoms with van der Waals surface area (Å²) < 4.78 is 5.91. The van der Waals surface area contributed by atoms with Crippen LogP contribution in [0.2, 0.25) is 0 Å². The lowest BCUT2D eigenvalue weighted by Gasteiger charge is -2.20. The van der Waals surface area contributed by atoms with Crippen LogP contribution in [0.3, 0.4) is 0 Å². The van der Waals surface area contributed by atoms with Gasteiger partial charge in [-0.05, 0) is 36.3 Å².